The van der Waals surface area contributed by atoms with Crippen LogP contribution in [-0.4, -0.2) is 26.3 Å². The van der Waals surface area contributed by atoms with Crippen LogP contribution >= 0.6 is 22.9 Å². The SMILES string of the molecule is CC(C)NCc1ccc([C@@H](C)Oc2nc(-c3cnc4ccccn34)sc2C(N)=O)c(Cl)c1. The Bertz CT molecular complexity index is 1270. The Morgan fingerprint density at radius 2 is 2.09 bits per heavy atom. The molecule has 4 aromatic rings. The molecule has 0 fully saturated rings. The van der Waals surface area contributed by atoms with Crippen LogP contribution in [-0.2, 0) is 6.54 Å². The van der Waals surface area contributed by atoms with Crippen molar-refractivity contribution in [2.75, 3.05) is 0 Å². The van der Waals surface area contributed by atoms with Crippen molar-refractivity contribution < 1.29 is 9.53 Å². The van der Waals surface area contributed by atoms with Crippen molar-refractivity contribution in [3.05, 3.63) is 69.8 Å². The lowest BCUT2D eigenvalue weighted by Crippen LogP contribution is -2.21. The quantitative estimate of drug-likeness (QED) is 0.384. The number of ether oxygens (including phenoxy) is 1. The third-order valence-electron chi connectivity index (χ3n) is 4.96. The number of primary amides is 1. The number of halogens is 1. The molecule has 4 rings (SSSR count). The highest BCUT2D eigenvalue weighted by Crippen LogP contribution is 2.36. The van der Waals surface area contributed by atoms with E-state index < -0.39 is 12.0 Å². The molecular formula is C23H24ClN5O2S. The Labute approximate surface area is 195 Å². The fourth-order valence-corrected chi connectivity index (χ4v) is 4.52. The zero-order chi connectivity index (χ0) is 22.8. The monoisotopic (exact) mass is 469 g/mol. The van der Waals surface area contributed by atoms with Crippen molar-refractivity contribution in [2.24, 2.45) is 5.73 Å². The lowest BCUT2D eigenvalue weighted by atomic mass is 10.1. The number of nitrogens with two attached hydrogens (primary N) is 1. The number of carbonyl (C=O) groups excluding carboxylic acids is 1. The van der Waals surface area contributed by atoms with Gasteiger partial charge in [0.25, 0.3) is 5.91 Å². The van der Waals surface area contributed by atoms with Crippen LogP contribution in [0.4, 0.5) is 0 Å². The Morgan fingerprint density at radius 3 is 2.81 bits per heavy atom. The molecule has 1 atom stereocenters. The van der Waals surface area contributed by atoms with Crippen LogP contribution in [0.25, 0.3) is 16.3 Å². The molecule has 0 radical (unpaired) electrons. The molecule has 3 N–H and O–H groups in total. The normalized spacial score (nSPS) is 12.4. The van der Waals surface area contributed by atoms with E-state index in [4.69, 9.17) is 22.1 Å². The molecule has 32 heavy (non-hydrogen) atoms. The van der Waals surface area contributed by atoms with Crippen LogP contribution in [0.3, 0.4) is 0 Å². The number of fused-ring (bicyclic) bond motifs is 1. The third kappa shape index (κ3) is 4.62. The van der Waals surface area contributed by atoms with Crippen molar-refractivity contribution in [1.82, 2.24) is 19.7 Å². The highest BCUT2D eigenvalue weighted by molar-refractivity contribution is 7.17. The molecule has 0 saturated carbocycles. The van der Waals surface area contributed by atoms with Crippen LogP contribution in [0.2, 0.25) is 5.02 Å². The van der Waals surface area contributed by atoms with Crippen molar-refractivity contribution in [1.29, 1.82) is 0 Å². The fourth-order valence-electron chi connectivity index (χ4n) is 3.31. The van der Waals surface area contributed by atoms with Crippen molar-refractivity contribution in [3.63, 3.8) is 0 Å². The molecule has 0 saturated heterocycles. The number of thiazole rings is 1. The summed E-state index contributed by atoms with van der Waals surface area (Å²) in [6.07, 6.45) is 3.18. The number of hydrogen-bond acceptors (Lipinski definition) is 6. The van der Waals surface area contributed by atoms with E-state index in [9.17, 15) is 4.79 Å². The van der Waals surface area contributed by atoms with Crippen LogP contribution in [0.1, 0.15) is 47.7 Å². The van der Waals surface area contributed by atoms with E-state index in [1.165, 1.54) is 11.3 Å². The third-order valence-corrected chi connectivity index (χ3v) is 6.36. The van der Waals surface area contributed by atoms with Crippen LogP contribution in [0.5, 0.6) is 5.88 Å². The second-order valence-electron chi connectivity index (χ2n) is 7.74. The predicted molar refractivity (Wildman–Crippen MR) is 127 cm³/mol. The summed E-state index contributed by atoms with van der Waals surface area (Å²) in [7, 11) is 0. The molecule has 7 nitrogen and oxygen atoms in total. The Morgan fingerprint density at radius 1 is 1.28 bits per heavy atom. The molecule has 1 aromatic carbocycles. The Balaban J connectivity index is 1.61. The maximum atomic E-state index is 12.1. The molecule has 0 aliphatic carbocycles. The van der Waals surface area contributed by atoms with Crippen molar-refractivity contribution >= 4 is 34.5 Å². The summed E-state index contributed by atoms with van der Waals surface area (Å²) in [5.41, 5.74) is 9.05. The highest BCUT2D eigenvalue weighted by Gasteiger charge is 2.23. The number of rotatable bonds is 8. The maximum Gasteiger partial charge on any atom is 0.264 e. The minimum Gasteiger partial charge on any atom is -0.469 e. The first-order chi connectivity index (χ1) is 15.3. The van der Waals surface area contributed by atoms with Gasteiger partial charge in [-0.25, -0.2) is 4.98 Å². The van der Waals surface area contributed by atoms with E-state index in [2.05, 4.69) is 29.1 Å². The Kier molecular flexibility index (Phi) is 6.45. The topological polar surface area (TPSA) is 94.5 Å². The van der Waals surface area contributed by atoms with Gasteiger partial charge in [-0.05, 0) is 30.7 Å². The molecule has 0 unspecified atom stereocenters. The van der Waals surface area contributed by atoms with Gasteiger partial charge in [-0.1, -0.05) is 43.6 Å². The van der Waals surface area contributed by atoms with E-state index >= 15 is 0 Å². The van der Waals surface area contributed by atoms with Crippen LogP contribution in [0.15, 0.2) is 48.8 Å². The van der Waals surface area contributed by atoms with Gasteiger partial charge in [0, 0.05) is 29.4 Å². The molecule has 0 aliphatic rings. The van der Waals surface area contributed by atoms with E-state index in [-0.39, 0.29) is 10.8 Å². The molecule has 166 valence electrons. The molecule has 0 spiro atoms. The summed E-state index contributed by atoms with van der Waals surface area (Å²) in [5, 5.41) is 4.56. The van der Waals surface area contributed by atoms with Crippen molar-refractivity contribution in [2.45, 2.75) is 39.5 Å². The van der Waals surface area contributed by atoms with E-state index in [0.29, 0.717) is 16.1 Å². The molecule has 0 aliphatic heterocycles. The summed E-state index contributed by atoms with van der Waals surface area (Å²) >= 11 is 7.71. The number of nitrogens with zero attached hydrogens (tertiary/aromatic N) is 3. The minimum absolute atomic E-state index is 0.192. The number of nitrogens with one attached hydrogen (secondary N) is 1. The first-order valence-corrected chi connectivity index (χ1v) is 11.4. The fraction of sp³-hybridized carbons (Fsp3) is 0.261. The predicted octanol–water partition coefficient (Wildman–Crippen LogP) is 4.85. The summed E-state index contributed by atoms with van der Waals surface area (Å²) < 4.78 is 7.97. The number of pyridine rings is 1. The van der Waals surface area contributed by atoms with Crippen molar-refractivity contribution in [3.8, 4) is 16.6 Å². The Hall–Kier alpha value is -2.94. The molecular weight excluding hydrogens is 446 g/mol. The molecule has 3 aromatic heterocycles. The molecule has 1 amide bonds. The number of hydrogen-bond donors (Lipinski definition) is 2. The van der Waals surface area contributed by atoms with Gasteiger partial charge in [0.1, 0.15) is 22.5 Å². The van der Waals surface area contributed by atoms with Crippen LogP contribution < -0.4 is 15.8 Å². The summed E-state index contributed by atoms with van der Waals surface area (Å²) in [5.74, 6) is -0.400. The number of amides is 1. The second-order valence-corrected chi connectivity index (χ2v) is 9.15. The van der Waals surface area contributed by atoms with E-state index in [0.717, 1.165) is 29.0 Å². The summed E-state index contributed by atoms with van der Waals surface area (Å²) in [6.45, 7) is 6.78. The van der Waals surface area contributed by atoms with E-state index in [1.54, 1.807) is 6.20 Å². The summed E-state index contributed by atoms with van der Waals surface area (Å²) in [6, 6.07) is 12.0. The smallest absolute Gasteiger partial charge is 0.264 e. The molecule has 0 bridgehead atoms. The zero-order valence-corrected chi connectivity index (χ0v) is 19.6. The largest absolute Gasteiger partial charge is 0.469 e. The lowest BCUT2D eigenvalue weighted by Gasteiger charge is -2.16. The van der Waals surface area contributed by atoms with Gasteiger partial charge in [0.2, 0.25) is 5.88 Å². The van der Waals surface area contributed by atoms with Gasteiger partial charge < -0.3 is 15.8 Å². The van der Waals surface area contributed by atoms with Gasteiger partial charge in [0.05, 0.1) is 6.20 Å². The first kappa shape index (κ1) is 22.3. The zero-order valence-electron chi connectivity index (χ0n) is 18.0. The number of imidazole rings is 1. The van der Waals surface area contributed by atoms with Gasteiger partial charge in [-0.3, -0.25) is 9.20 Å². The molecule has 3 heterocycles. The standard InChI is InChI=1S/C23H24ClN5O2S/c1-13(2)26-11-15-7-8-16(17(24)10-15)14(3)31-22-20(21(25)30)32-23(28-22)18-12-27-19-6-4-5-9-29(18)19/h4-10,12-14,26H,11H2,1-3H3,(H2,25,30)/t14-/m1/s1. The minimum atomic E-state index is -0.592. The van der Waals surface area contributed by atoms with Gasteiger partial charge in [0.15, 0.2) is 4.88 Å². The average Bonchev–Trinajstić information content (AvgIpc) is 3.36. The van der Waals surface area contributed by atoms with Gasteiger partial charge >= 0.3 is 0 Å². The van der Waals surface area contributed by atoms with Gasteiger partial charge in [-0.2, -0.15) is 4.98 Å². The first-order valence-electron chi connectivity index (χ1n) is 10.2. The second kappa shape index (κ2) is 9.28. The highest BCUT2D eigenvalue weighted by atomic mass is 35.5. The number of benzene rings is 1. The lowest BCUT2D eigenvalue weighted by molar-refractivity contribution is 0.0997. The van der Waals surface area contributed by atoms with Crippen LogP contribution in [0, 0.1) is 0 Å². The molecule has 9 heteroatoms. The maximum absolute atomic E-state index is 12.1. The van der Waals surface area contributed by atoms with E-state index in [1.807, 2.05) is 53.9 Å². The number of aromatic nitrogens is 3. The summed E-state index contributed by atoms with van der Waals surface area (Å²) in [4.78, 5) is 21.3. The average molecular weight is 470 g/mol. The number of carbonyl (C=O) groups is 1. The van der Waals surface area contributed by atoms with Gasteiger partial charge in [-0.15, -0.1) is 11.3 Å².